The average Bonchev–Trinajstić information content (AvgIpc) is 2.80. The highest BCUT2D eigenvalue weighted by Gasteiger charge is 2.11. The third-order valence-corrected chi connectivity index (χ3v) is 4.49. The molecule has 1 aromatic rings. The van der Waals surface area contributed by atoms with E-state index in [0.717, 1.165) is 35.8 Å². The van der Waals surface area contributed by atoms with Crippen molar-refractivity contribution < 1.29 is 19.0 Å². The summed E-state index contributed by atoms with van der Waals surface area (Å²) in [6, 6.07) is 5.80. The maximum absolute atomic E-state index is 11.9. The van der Waals surface area contributed by atoms with Crippen LogP contribution in [0.1, 0.15) is 26.7 Å². The predicted octanol–water partition coefficient (Wildman–Crippen LogP) is 3.12. The molecule has 1 aliphatic heterocycles. The second-order valence-electron chi connectivity index (χ2n) is 6.09. The van der Waals surface area contributed by atoms with Gasteiger partial charge in [-0.25, -0.2) is 0 Å². The third-order valence-electron chi connectivity index (χ3n) is 3.50. The number of hydrogen-bond acceptors (Lipinski definition) is 5. The maximum atomic E-state index is 11.9. The van der Waals surface area contributed by atoms with Crippen LogP contribution in [0.3, 0.4) is 0 Å². The van der Waals surface area contributed by atoms with Crippen molar-refractivity contribution in [2.45, 2.75) is 31.6 Å². The van der Waals surface area contributed by atoms with Gasteiger partial charge in [0.05, 0.1) is 25.6 Å². The van der Waals surface area contributed by atoms with Gasteiger partial charge in [-0.3, -0.25) is 4.79 Å². The van der Waals surface area contributed by atoms with Gasteiger partial charge >= 0.3 is 0 Å². The van der Waals surface area contributed by atoms with Crippen LogP contribution in [0.25, 0.3) is 0 Å². The molecule has 0 aliphatic carbocycles. The van der Waals surface area contributed by atoms with Crippen molar-refractivity contribution >= 4 is 17.7 Å². The van der Waals surface area contributed by atoms with Gasteiger partial charge in [-0.2, -0.15) is 0 Å². The molecule has 0 aromatic heterocycles. The number of carbonyl (C=O) groups excluding carboxylic acids is 1. The van der Waals surface area contributed by atoms with Crippen LogP contribution in [0.15, 0.2) is 23.1 Å². The summed E-state index contributed by atoms with van der Waals surface area (Å²) in [4.78, 5) is 12.9. The predicted molar refractivity (Wildman–Crippen MR) is 96.1 cm³/mol. The summed E-state index contributed by atoms with van der Waals surface area (Å²) in [6.45, 7) is 7.55. The minimum Gasteiger partial charge on any atom is -0.490 e. The smallest absolute Gasteiger partial charge is 0.230 e. The number of carbonyl (C=O) groups is 1. The van der Waals surface area contributed by atoms with Gasteiger partial charge in [0.1, 0.15) is 0 Å². The summed E-state index contributed by atoms with van der Waals surface area (Å²) >= 11 is 1.49. The van der Waals surface area contributed by atoms with Gasteiger partial charge in [-0.05, 0) is 30.5 Å². The minimum atomic E-state index is 0.0135. The van der Waals surface area contributed by atoms with Crippen LogP contribution in [-0.4, -0.2) is 44.6 Å². The van der Waals surface area contributed by atoms with E-state index in [4.69, 9.17) is 14.2 Å². The van der Waals surface area contributed by atoms with E-state index in [9.17, 15) is 4.79 Å². The molecule has 1 aromatic carbocycles. The van der Waals surface area contributed by atoms with E-state index in [0.29, 0.717) is 38.0 Å². The number of nitrogens with one attached hydrogen (secondary N) is 1. The maximum Gasteiger partial charge on any atom is 0.230 e. The molecule has 0 atom stereocenters. The van der Waals surface area contributed by atoms with Crippen molar-refractivity contribution in [3.8, 4) is 11.5 Å². The van der Waals surface area contributed by atoms with E-state index in [1.54, 1.807) is 0 Å². The molecule has 0 spiro atoms. The van der Waals surface area contributed by atoms with Crippen LogP contribution < -0.4 is 14.8 Å². The first-order valence-corrected chi connectivity index (χ1v) is 9.50. The van der Waals surface area contributed by atoms with E-state index >= 15 is 0 Å². The SMILES string of the molecule is CC(C)CCOCCNC(=O)CSc1ccc2c(c1)OCCCO2. The Bertz CT molecular complexity index is 522. The molecule has 134 valence electrons. The summed E-state index contributed by atoms with van der Waals surface area (Å²) in [6.07, 6.45) is 1.94. The first-order chi connectivity index (χ1) is 11.6. The summed E-state index contributed by atoms with van der Waals surface area (Å²) in [5.74, 6) is 2.58. The number of ether oxygens (including phenoxy) is 3. The van der Waals surface area contributed by atoms with Crippen LogP contribution in [0.2, 0.25) is 0 Å². The average molecular weight is 353 g/mol. The number of hydrogen-bond donors (Lipinski definition) is 1. The first-order valence-electron chi connectivity index (χ1n) is 8.52. The Kier molecular flexibility index (Phi) is 8.25. The van der Waals surface area contributed by atoms with Gasteiger partial charge in [0.15, 0.2) is 11.5 Å². The van der Waals surface area contributed by atoms with Crippen LogP contribution >= 0.6 is 11.8 Å². The highest BCUT2D eigenvalue weighted by atomic mass is 32.2. The molecule has 5 nitrogen and oxygen atoms in total. The van der Waals surface area contributed by atoms with Gasteiger partial charge in [-0.15, -0.1) is 11.8 Å². The molecule has 1 aliphatic rings. The molecular weight excluding hydrogens is 326 g/mol. The molecule has 0 unspecified atom stereocenters. The molecule has 1 heterocycles. The van der Waals surface area contributed by atoms with Crippen LogP contribution in [0.5, 0.6) is 11.5 Å². The van der Waals surface area contributed by atoms with E-state index in [1.807, 2.05) is 18.2 Å². The van der Waals surface area contributed by atoms with Crippen molar-refractivity contribution in [3.05, 3.63) is 18.2 Å². The second kappa shape index (κ2) is 10.5. The zero-order valence-electron chi connectivity index (χ0n) is 14.5. The number of rotatable bonds is 9. The molecule has 0 bridgehead atoms. The van der Waals surface area contributed by atoms with E-state index in [2.05, 4.69) is 19.2 Å². The molecule has 1 N–H and O–H groups in total. The molecule has 0 saturated carbocycles. The van der Waals surface area contributed by atoms with Crippen molar-refractivity contribution in [1.82, 2.24) is 5.32 Å². The highest BCUT2D eigenvalue weighted by Crippen LogP contribution is 2.33. The molecule has 6 heteroatoms. The molecule has 0 radical (unpaired) electrons. The Morgan fingerprint density at radius 3 is 2.83 bits per heavy atom. The summed E-state index contributed by atoms with van der Waals surface area (Å²) in [5, 5.41) is 2.87. The Morgan fingerprint density at radius 1 is 1.25 bits per heavy atom. The normalized spacial score (nSPS) is 13.6. The monoisotopic (exact) mass is 353 g/mol. The number of thioether (sulfide) groups is 1. The van der Waals surface area contributed by atoms with E-state index in [-0.39, 0.29) is 5.91 Å². The second-order valence-corrected chi connectivity index (χ2v) is 7.14. The lowest BCUT2D eigenvalue weighted by atomic mass is 10.1. The Labute approximate surface area is 148 Å². The lowest BCUT2D eigenvalue weighted by molar-refractivity contribution is -0.118. The molecule has 0 saturated heterocycles. The minimum absolute atomic E-state index is 0.0135. The largest absolute Gasteiger partial charge is 0.490 e. The van der Waals surface area contributed by atoms with Gasteiger partial charge in [0, 0.05) is 24.5 Å². The standard InChI is InChI=1S/C18H27NO4S/c1-14(2)6-10-21-11-7-19-18(20)13-24-15-4-5-16-17(12-15)23-9-3-8-22-16/h4-5,12,14H,3,6-11,13H2,1-2H3,(H,19,20). The zero-order valence-corrected chi connectivity index (χ0v) is 15.3. The lowest BCUT2D eigenvalue weighted by Gasteiger charge is -2.10. The first kappa shape index (κ1) is 18.9. The van der Waals surface area contributed by atoms with Crippen LogP contribution in [-0.2, 0) is 9.53 Å². The molecule has 24 heavy (non-hydrogen) atoms. The summed E-state index contributed by atoms with van der Waals surface area (Å²) in [5.41, 5.74) is 0. The summed E-state index contributed by atoms with van der Waals surface area (Å²) < 4.78 is 16.7. The highest BCUT2D eigenvalue weighted by molar-refractivity contribution is 8.00. The fourth-order valence-corrected chi connectivity index (χ4v) is 2.87. The van der Waals surface area contributed by atoms with Crippen molar-refractivity contribution in [2.75, 3.05) is 38.7 Å². The van der Waals surface area contributed by atoms with E-state index < -0.39 is 0 Å². The fourth-order valence-electron chi connectivity index (χ4n) is 2.12. The molecule has 0 fully saturated rings. The Balaban J connectivity index is 1.64. The van der Waals surface area contributed by atoms with Gasteiger partial charge in [0.25, 0.3) is 0 Å². The van der Waals surface area contributed by atoms with Gasteiger partial charge < -0.3 is 19.5 Å². The van der Waals surface area contributed by atoms with Crippen molar-refractivity contribution in [2.24, 2.45) is 5.92 Å². The number of amides is 1. The Hall–Kier alpha value is -1.40. The molecular formula is C18H27NO4S. The number of fused-ring (bicyclic) bond motifs is 1. The zero-order chi connectivity index (χ0) is 17.2. The van der Waals surface area contributed by atoms with Gasteiger partial charge in [0.2, 0.25) is 5.91 Å². The van der Waals surface area contributed by atoms with Crippen LogP contribution in [0, 0.1) is 5.92 Å². The summed E-state index contributed by atoms with van der Waals surface area (Å²) in [7, 11) is 0. The lowest BCUT2D eigenvalue weighted by Crippen LogP contribution is -2.28. The van der Waals surface area contributed by atoms with Crippen molar-refractivity contribution in [1.29, 1.82) is 0 Å². The van der Waals surface area contributed by atoms with Gasteiger partial charge in [-0.1, -0.05) is 13.8 Å². The van der Waals surface area contributed by atoms with Crippen LogP contribution in [0.4, 0.5) is 0 Å². The quantitative estimate of drug-likeness (QED) is 0.546. The molecule has 1 amide bonds. The van der Waals surface area contributed by atoms with E-state index in [1.165, 1.54) is 11.8 Å². The fraction of sp³-hybridized carbons (Fsp3) is 0.611. The Morgan fingerprint density at radius 2 is 2.04 bits per heavy atom. The topological polar surface area (TPSA) is 56.8 Å². The van der Waals surface area contributed by atoms with Crippen molar-refractivity contribution in [3.63, 3.8) is 0 Å². The third kappa shape index (κ3) is 7.01. The molecule has 2 rings (SSSR count). The number of benzene rings is 1.